The highest BCUT2D eigenvalue weighted by atomic mass is 16.3. The van der Waals surface area contributed by atoms with Crippen molar-refractivity contribution in [1.82, 2.24) is 5.32 Å². The standard InChI is InChI=1S/C9H15NO2/c1-10-6-5-7-3-2-4-8(11)9(7)12/h2-4,8-12H,5-6H2,1H3. The molecule has 0 heterocycles. The van der Waals surface area contributed by atoms with Gasteiger partial charge in [-0.15, -0.1) is 0 Å². The summed E-state index contributed by atoms with van der Waals surface area (Å²) >= 11 is 0. The Kier molecular flexibility index (Phi) is 3.47. The van der Waals surface area contributed by atoms with Crippen LogP contribution in [0.2, 0.25) is 0 Å². The van der Waals surface area contributed by atoms with Crippen LogP contribution in [0.5, 0.6) is 0 Å². The van der Waals surface area contributed by atoms with Gasteiger partial charge in [0, 0.05) is 0 Å². The van der Waals surface area contributed by atoms with Crippen molar-refractivity contribution in [3.8, 4) is 0 Å². The minimum atomic E-state index is -0.734. The first kappa shape index (κ1) is 9.45. The number of hydrogen-bond donors (Lipinski definition) is 3. The van der Waals surface area contributed by atoms with Gasteiger partial charge in [-0.2, -0.15) is 0 Å². The Morgan fingerprint density at radius 2 is 2.25 bits per heavy atom. The third-order valence-corrected chi connectivity index (χ3v) is 1.99. The normalized spacial score (nSPS) is 28.8. The van der Waals surface area contributed by atoms with E-state index in [2.05, 4.69) is 5.32 Å². The highest BCUT2D eigenvalue weighted by molar-refractivity contribution is 5.25. The zero-order chi connectivity index (χ0) is 8.97. The van der Waals surface area contributed by atoms with Gasteiger partial charge >= 0.3 is 0 Å². The number of aliphatic hydroxyl groups is 2. The largest absolute Gasteiger partial charge is 0.386 e. The Bertz CT molecular complexity index is 199. The molecule has 3 nitrogen and oxygen atoms in total. The van der Waals surface area contributed by atoms with Gasteiger partial charge in [-0.05, 0) is 25.6 Å². The van der Waals surface area contributed by atoms with E-state index in [9.17, 15) is 10.2 Å². The van der Waals surface area contributed by atoms with Gasteiger partial charge in [0.25, 0.3) is 0 Å². The molecule has 3 N–H and O–H groups in total. The van der Waals surface area contributed by atoms with Crippen LogP contribution in [0.1, 0.15) is 6.42 Å². The molecular formula is C9H15NO2. The van der Waals surface area contributed by atoms with Crippen LogP contribution in [0.3, 0.4) is 0 Å². The van der Waals surface area contributed by atoms with Crippen LogP contribution in [-0.4, -0.2) is 36.0 Å². The first-order valence-corrected chi connectivity index (χ1v) is 4.13. The van der Waals surface area contributed by atoms with E-state index >= 15 is 0 Å². The molecule has 68 valence electrons. The molecule has 12 heavy (non-hydrogen) atoms. The average molecular weight is 169 g/mol. The summed E-state index contributed by atoms with van der Waals surface area (Å²) in [5, 5.41) is 21.7. The van der Waals surface area contributed by atoms with Crippen molar-refractivity contribution >= 4 is 0 Å². The van der Waals surface area contributed by atoms with E-state index in [4.69, 9.17) is 0 Å². The summed E-state index contributed by atoms with van der Waals surface area (Å²) in [6.45, 7) is 0.823. The van der Waals surface area contributed by atoms with Crippen LogP contribution in [0.25, 0.3) is 0 Å². The molecule has 1 rings (SSSR count). The fourth-order valence-electron chi connectivity index (χ4n) is 1.22. The fourth-order valence-corrected chi connectivity index (χ4v) is 1.22. The van der Waals surface area contributed by atoms with Crippen LogP contribution < -0.4 is 5.32 Å². The van der Waals surface area contributed by atoms with E-state index in [1.54, 1.807) is 12.2 Å². The Balaban J connectivity index is 2.51. The van der Waals surface area contributed by atoms with Gasteiger partial charge in [0.15, 0.2) is 0 Å². The van der Waals surface area contributed by atoms with E-state index in [0.29, 0.717) is 0 Å². The molecule has 1 aliphatic rings. The highest BCUT2D eigenvalue weighted by Crippen LogP contribution is 2.16. The monoisotopic (exact) mass is 169 g/mol. The molecule has 0 bridgehead atoms. The molecule has 0 radical (unpaired) electrons. The van der Waals surface area contributed by atoms with Gasteiger partial charge in [0.1, 0.15) is 12.2 Å². The van der Waals surface area contributed by atoms with Crippen LogP contribution in [-0.2, 0) is 0 Å². The second-order valence-electron chi connectivity index (χ2n) is 2.92. The van der Waals surface area contributed by atoms with Crippen LogP contribution in [0.15, 0.2) is 23.8 Å². The predicted molar refractivity (Wildman–Crippen MR) is 47.8 cm³/mol. The third-order valence-electron chi connectivity index (χ3n) is 1.99. The number of aliphatic hydroxyl groups excluding tert-OH is 2. The Morgan fingerprint density at radius 1 is 1.50 bits per heavy atom. The number of rotatable bonds is 3. The van der Waals surface area contributed by atoms with Gasteiger partial charge in [0.2, 0.25) is 0 Å². The quantitative estimate of drug-likeness (QED) is 0.549. The second-order valence-corrected chi connectivity index (χ2v) is 2.92. The lowest BCUT2D eigenvalue weighted by Crippen LogP contribution is -2.29. The SMILES string of the molecule is CNCCC1=CC=CC(O)C1O. The average Bonchev–Trinajstić information content (AvgIpc) is 2.08. The van der Waals surface area contributed by atoms with Crippen molar-refractivity contribution in [2.75, 3.05) is 13.6 Å². The molecule has 0 spiro atoms. The topological polar surface area (TPSA) is 52.5 Å². The van der Waals surface area contributed by atoms with Crippen LogP contribution >= 0.6 is 0 Å². The Morgan fingerprint density at radius 3 is 2.92 bits per heavy atom. The molecule has 0 amide bonds. The molecule has 2 unspecified atom stereocenters. The summed E-state index contributed by atoms with van der Waals surface area (Å²) in [7, 11) is 1.86. The van der Waals surface area contributed by atoms with E-state index in [0.717, 1.165) is 18.5 Å². The van der Waals surface area contributed by atoms with Gasteiger partial charge in [-0.25, -0.2) is 0 Å². The van der Waals surface area contributed by atoms with Crippen LogP contribution in [0.4, 0.5) is 0 Å². The maximum Gasteiger partial charge on any atom is 0.105 e. The molecule has 0 aromatic rings. The molecule has 3 heteroatoms. The molecule has 0 fully saturated rings. The van der Waals surface area contributed by atoms with Crippen LogP contribution in [0, 0.1) is 0 Å². The summed E-state index contributed by atoms with van der Waals surface area (Å²) in [6, 6.07) is 0. The lowest BCUT2D eigenvalue weighted by molar-refractivity contribution is 0.0693. The first-order chi connectivity index (χ1) is 5.75. The minimum Gasteiger partial charge on any atom is -0.386 e. The Hall–Kier alpha value is -0.640. The fraction of sp³-hybridized carbons (Fsp3) is 0.556. The maximum atomic E-state index is 9.47. The van der Waals surface area contributed by atoms with Gasteiger partial charge in [-0.3, -0.25) is 0 Å². The molecule has 0 aromatic carbocycles. The zero-order valence-corrected chi connectivity index (χ0v) is 7.20. The van der Waals surface area contributed by atoms with Crippen molar-refractivity contribution in [3.05, 3.63) is 23.8 Å². The summed E-state index contributed by atoms with van der Waals surface area (Å²) in [5.41, 5.74) is 0.888. The molecule has 0 saturated heterocycles. The lowest BCUT2D eigenvalue weighted by atomic mass is 9.97. The van der Waals surface area contributed by atoms with Gasteiger partial charge in [0.05, 0.1) is 0 Å². The zero-order valence-electron chi connectivity index (χ0n) is 7.20. The number of nitrogens with one attached hydrogen (secondary N) is 1. The van der Waals surface area contributed by atoms with E-state index in [1.165, 1.54) is 0 Å². The smallest absolute Gasteiger partial charge is 0.105 e. The van der Waals surface area contributed by atoms with Crippen molar-refractivity contribution in [3.63, 3.8) is 0 Å². The highest BCUT2D eigenvalue weighted by Gasteiger charge is 2.19. The van der Waals surface area contributed by atoms with Crippen molar-refractivity contribution in [2.45, 2.75) is 18.6 Å². The lowest BCUT2D eigenvalue weighted by Gasteiger charge is -2.20. The molecule has 2 atom stereocenters. The minimum absolute atomic E-state index is 0.719. The summed E-state index contributed by atoms with van der Waals surface area (Å²) < 4.78 is 0. The predicted octanol–water partition coefficient (Wildman–Crippen LogP) is -0.186. The number of hydrogen-bond acceptors (Lipinski definition) is 3. The number of allylic oxidation sites excluding steroid dienone is 2. The van der Waals surface area contributed by atoms with E-state index in [1.807, 2.05) is 13.1 Å². The maximum absolute atomic E-state index is 9.47. The summed E-state index contributed by atoms with van der Waals surface area (Å²) in [6.07, 6.45) is 4.55. The van der Waals surface area contributed by atoms with E-state index < -0.39 is 12.2 Å². The second kappa shape index (κ2) is 4.40. The molecule has 1 aliphatic carbocycles. The molecule has 0 saturated carbocycles. The summed E-state index contributed by atoms with van der Waals surface area (Å²) in [5.74, 6) is 0. The first-order valence-electron chi connectivity index (χ1n) is 4.13. The van der Waals surface area contributed by atoms with Crippen molar-refractivity contribution in [2.24, 2.45) is 0 Å². The Labute approximate surface area is 72.4 Å². The van der Waals surface area contributed by atoms with E-state index in [-0.39, 0.29) is 0 Å². The van der Waals surface area contributed by atoms with Gasteiger partial charge < -0.3 is 15.5 Å². The molecule has 0 aliphatic heterocycles. The molecule has 0 aromatic heterocycles. The van der Waals surface area contributed by atoms with Gasteiger partial charge in [-0.1, -0.05) is 18.2 Å². The molecular weight excluding hydrogens is 154 g/mol. The van der Waals surface area contributed by atoms with Crippen molar-refractivity contribution < 1.29 is 10.2 Å². The third kappa shape index (κ3) is 2.17. The van der Waals surface area contributed by atoms with Crippen molar-refractivity contribution in [1.29, 1.82) is 0 Å². The summed E-state index contributed by atoms with van der Waals surface area (Å²) in [4.78, 5) is 0.